The Labute approximate surface area is 162 Å². The highest BCUT2D eigenvalue weighted by Crippen LogP contribution is 2.41. The fraction of sp³-hybridized carbons (Fsp3) is 0.389. The molecule has 4 rings (SSSR count). The van der Waals surface area contributed by atoms with Gasteiger partial charge in [-0.3, -0.25) is 4.68 Å². The van der Waals surface area contributed by atoms with Gasteiger partial charge in [-0.1, -0.05) is 12.1 Å². The van der Waals surface area contributed by atoms with Gasteiger partial charge in [0.1, 0.15) is 17.9 Å². The van der Waals surface area contributed by atoms with Crippen LogP contribution < -0.4 is 10.6 Å². The van der Waals surface area contributed by atoms with E-state index in [1.54, 1.807) is 24.3 Å². The van der Waals surface area contributed by atoms with Crippen molar-refractivity contribution in [3.8, 4) is 0 Å². The molecular weight excluding hydrogens is 395 g/mol. The normalized spacial score (nSPS) is 15.7. The third-order valence-electron chi connectivity index (χ3n) is 4.71. The monoisotopic (exact) mass is 412 g/mol. The summed E-state index contributed by atoms with van der Waals surface area (Å²) in [6, 6.07) is 6.69. The molecule has 0 radical (unpaired) electrons. The van der Waals surface area contributed by atoms with Crippen LogP contribution in [0.3, 0.4) is 0 Å². The van der Waals surface area contributed by atoms with Crippen molar-refractivity contribution in [2.24, 2.45) is 0 Å². The Morgan fingerprint density at radius 2 is 1.90 bits per heavy atom. The fourth-order valence-electron chi connectivity index (χ4n) is 2.94. The average molecular weight is 412 g/mol. The van der Waals surface area contributed by atoms with Crippen molar-refractivity contribution in [2.75, 3.05) is 10.6 Å². The summed E-state index contributed by atoms with van der Waals surface area (Å²) in [5.74, 6) is -0.256. The van der Waals surface area contributed by atoms with Crippen LogP contribution in [0.5, 0.6) is 0 Å². The number of hydrogen-bond donors (Lipinski definition) is 2. The van der Waals surface area contributed by atoms with Crippen molar-refractivity contribution in [1.82, 2.24) is 19.7 Å². The van der Waals surface area contributed by atoms with Gasteiger partial charge in [-0.25, -0.2) is 13.8 Å². The van der Waals surface area contributed by atoms with Crippen LogP contribution in [0.1, 0.15) is 25.3 Å². The van der Waals surface area contributed by atoms with Gasteiger partial charge in [-0.05, 0) is 31.9 Å². The molecule has 0 spiro atoms. The van der Waals surface area contributed by atoms with Crippen molar-refractivity contribution in [2.45, 2.75) is 44.5 Å². The molecule has 0 aliphatic heterocycles. The van der Waals surface area contributed by atoms with Crippen LogP contribution in [0.15, 0.2) is 30.5 Å². The van der Waals surface area contributed by atoms with E-state index in [0.717, 1.165) is 17.5 Å². The smallest absolute Gasteiger partial charge is 0.364 e. The zero-order chi connectivity index (χ0) is 20.8. The molecule has 1 aromatic carbocycles. The molecular formula is C18H17F5N6. The molecule has 6 nitrogen and oxygen atoms in total. The lowest BCUT2D eigenvalue weighted by Gasteiger charge is -2.18. The minimum absolute atomic E-state index is 0.114. The summed E-state index contributed by atoms with van der Waals surface area (Å²) in [6.07, 6.45) is -5.05. The molecule has 2 heterocycles. The van der Waals surface area contributed by atoms with E-state index in [2.05, 4.69) is 25.7 Å². The number of nitrogens with one attached hydrogen (secondary N) is 2. The van der Waals surface area contributed by atoms with Gasteiger partial charge in [-0.15, -0.1) is 0 Å². The van der Waals surface area contributed by atoms with Crippen molar-refractivity contribution in [3.63, 3.8) is 0 Å². The lowest BCUT2D eigenvalue weighted by molar-refractivity contribution is -0.137. The molecule has 1 aliphatic carbocycles. The molecule has 154 valence electrons. The molecule has 1 saturated carbocycles. The minimum Gasteiger partial charge on any atom is -0.364 e. The highest BCUT2D eigenvalue weighted by molar-refractivity contribution is 5.91. The van der Waals surface area contributed by atoms with E-state index in [-0.39, 0.29) is 17.6 Å². The summed E-state index contributed by atoms with van der Waals surface area (Å²) in [7, 11) is 0. The summed E-state index contributed by atoms with van der Waals surface area (Å²) >= 11 is 0. The van der Waals surface area contributed by atoms with Gasteiger partial charge in [0.05, 0.1) is 5.52 Å². The van der Waals surface area contributed by atoms with Gasteiger partial charge in [0.2, 0.25) is 5.95 Å². The first kappa shape index (κ1) is 19.3. The SMILES string of the molecule is CC1(Nc2nc(Nc3nn(CC(F)F)c4ccccc34)ncc2C(F)(F)F)CC1. The highest BCUT2D eigenvalue weighted by Gasteiger charge is 2.42. The van der Waals surface area contributed by atoms with Gasteiger partial charge in [0.15, 0.2) is 5.82 Å². The van der Waals surface area contributed by atoms with E-state index in [1.807, 2.05) is 6.92 Å². The van der Waals surface area contributed by atoms with Crippen LogP contribution in [0.2, 0.25) is 0 Å². The topological polar surface area (TPSA) is 67.7 Å². The molecule has 29 heavy (non-hydrogen) atoms. The van der Waals surface area contributed by atoms with Crippen molar-refractivity contribution in [3.05, 3.63) is 36.0 Å². The maximum atomic E-state index is 13.3. The van der Waals surface area contributed by atoms with Crippen molar-refractivity contribution in [1.29, 1.82) is 0 Å². The van der Waals surface area contributed by atoms with E-state index in [9.17, 15) is 22.0 Å². The molecule has 0 saturated heterocycles. The number of hydrogen-bond acceptors (Lipinski definition) is 5. The number of para-hydroxylation sites is 1. The third kappa shape index (κ3) is 4.08. The summed E-state index contributed by atoms with van der Waals surface area (Å²) in [5.41, 5.74) is -0.938. The molecule has 0 amide bonds. The number of aromatic nitrogens is 4. The van der Waals surface area contributed by atoms with Crippen LogP contribution >= 0.6 is 0 Å². The molecule has 1 fully saturated rings. The van der Waals surface area contributed by atoms with Crippen LogP contribution in [0, 0.1) is 0 Å². The van der Waals surface area contributed by atoms with Crippen molar-refractivity contribution >= 4 is 28.5 Å². The highest BCUT2D eigenvalue weighted by atomic mass is 19.4. The maximum absolute atomic E-state index is 13.3. The molecule has 3 aromatic rings. The Hall–Kier alpha value is -2.98. The quantitative estimate of drug-likeness (QED) is 0.569. The molecule has 11 heteroatoms. The predicted molar refractivity (Wildman–Crippen MR) is 97.3 cm³/mol. The zero-order valence-corrected chi connectivity index (χ0v) is 15.3. The second kappa shape index (κ2) is 6.82. The molecule has 0 atom stereocenters. The second-order valence-corrected chi connectivity index (χ2v) is 7.20. The summed E-state index contributed by atoms with van der Waals surface area (Å²) < 4.78 is 66.7. The standard InChI is InChI=1S/C18H17F5N6/c1-17(6-7-17)27-15-11(18(21,22)23)8-24-16(26-15)25-14-10-4-2-3-5-12(10)29(28-14)9-13(19)20/h2-5,8,13H,6-7,9H2,1H3,(H2,24,25,26,27,28). The first-order valence-electron chi connectivity index (χ1n) is 8.88. The van der Waals surface area contributed by atoms with Crippen LogP contribution in [-0.4, -0.2) is 31.7 Å². The molecule has 0 bridgehead atoms. The second-order valence-electron chi connectivity index (χ2n) is 7.20. The largest absolute Gasteiger partial charge is 0.421 e. The Morgan fingerprint density at radius 3 is 2.55 bits per heavy atom. The van der Waals surface area contributed by atoms with Gasteiger partial charge >= 0.3 is 6.18 Å². The average Bonchev–Trinajstić information content (AvgIpc) is 3.26. The van der Waals surface area contributed by atoms with Crippen LogP contribution in [0.25, 0.3) is 10.9 Å². The summed E-state index contributed by atoms with van der Waals surface area (Å²) in [6.45, 7) is 1.20. The first-order chi connectivity index (χ1) is 13.6. The van der Waals surface area contributed by atoms with E-state index >= 15 is 0 Å². The van der Waals surface area contributed by atoms with E-state index in [0.29, 0.717) is 17.1 Å². The number of nitrogens with zero attached hydrogens (tertiary/aromatic N) is 4. The van der Waals surface area contributed by atoms with E-state index in [4.69, 9.17) is 0 Å². The number of halogens is 5. The van der Waals surface area contributed by atoms with E-state index < -0.39 is 30.2 Å². The lowest BCUT2D eigenvalue weighted by Crippen LogP contribution is -2.21. The summed E-state index contributed by atoms with van der Waals surface area (Å²) in [4.78, 5) is 7.73. The van der Waals surface area contributed by atoms with E-state index in [1.165, 1.54) is 0 Å². The Bertz CT molecular complexity index is 1040. The molecule has 1 aliphatic rings. The van der Waals surface area contributed by atoms with Gasteiger partial charge in [-0.2, -0.15) is 23.3 Å². The zero-order valence-electron chi connectivity index (χ0n) is 15.3. The lowest BCUT2D eigenvalue weighted by atomic mass is 10.2. The molecule has 2 aromatic heterocycles. The number of rotatable bonds is 6. The van der Waals surface area contributed by atoms with Gasteiger partial charge in [0.25, 0.3) is 6.43 Å². The molecule has 2 N–H and O–H groups in total. The van der Waals surface area contributed by atoms with Crippen molar-refractivity contribution < 1.29 is 22.0 Å². The number of fused-ring (bicyclic) bond motifs is 1. The fourth-order valence-corrected chi connectivity index (χ4v) is 2.94. The first-order valence-corrected chi connectivity index (χ1v) is 8.88. The Balaban J connectivity index is 1.70. The number of alkyl halides is 5. The molecule has 0 unspecified atom stereocenters. The van der Waals surface area contributed by atoms with Crippen LogP contribution in [0.4, 0.5) is 39.5 Å². The number of benzene rings is 1. The maximum Gasteiger partial charge on any atom is 0.421 e. The Morgan fingerprint density at radius 1 is 1.17 bits per heavy atom. The van der Waals surface area contributed by atoms with Gasteiger partial charge < -0.3 is 10.6 Å². The minimum atomic E-state index is -4.61. The Kier molecular flexibility index (Phi) is 4.55. The number of anilines is 3. The van der Waals surface area contributed by atoms with Crippen LogP contribution in [-0.2, 0) is 12.7 Å². The summed E-state index contributed by atoms with van der Waals surface area (Å²) in [5, 5.41) is 10.2. The third-order valence-corrected chi connectivity index (χ3v) is 4.71. The van der Waals surface area contributed by atoms with Gasteiger partial charge in [0, 0.05) is 17.1 Å². The predicted octanol–water partition coefficient (Wildman–Crippen LogP) is 4.82.